The molecule has 24 heavy (non-hydrogen) atoms. The van der Waals surface area contributed by atoms with Crippen LogP contribution in [0.5, 0.6) is 0 Å². The van der Waals surface area contributed by atoms with Gasteiger partial charge in [-0.25, -0.2) is 0 Å². The molecule has 2 atom stereocenters. The molecule has 1 fully saturated rings. The monoisotopic (exact) mass is 341 g/mol. The number of nitrogens with one attached hydrogen (secondary N) is 1. The first-order chi connectivity index (χ1) is 11.5. The van der Waals surface area contributed by atoms with Gasteiger partial charge in [0.25, 0.3) is 0 Å². The fraction of sp³-hybridized carbons (Fsp3) is 0.300. The first-order valence-electron chi connectivity index (χ1n) is 8.13. The number of halogens is 1. The Morgan fingerprint density at radius 2 is 1.79 bits per heavy atom. The average molecular weight is 342 g/mol. The topological polar surface area (TPSA) is 46.2 Å². The summed E-state index contributed by atoms with van der Waals surface area (Å²) in [7, 11) is 0. The summed E-state index contributed by atoms with van der Waals surface area (Å²) in [6, 6.07) is 15.5. The highest BCUT2D eigenvalue weighted by atomic mass is 35.5. The fourth-order valence-electron chi connectivity index (χ4n) is 3.21. The molecule has 2 aromatic carbocycles. The van der Waals surface area contributed by atoms with E-state index in [0.29, 0.717) is 18.0 Å². The van der Waals surface area contributed by atoms with Crippen LogP contribution < -0.4 is 5.32 Å². The molecule has 0 bridgehead atoms. The maximum Gasteiger partial charge on any atom is 0.224 e. The van der Waals surface area contributed by atoms with Crippen LogP contribution in [0.25, 0.3) is 0 Å². The summed E-state index contributed by atoms with van der Waals surface area (Å²) in [6.45, 7) is 2.63. The van der Waals surface area contributed by atoms with Gasteiger partial charge in [-0.15, -0.1) is 0 Å². The average Bonchev–Trinajstić information content (AvgIpc) is 2.91. The quantitative estimate of drug-likeness (QED) is 0.901. The molecule has 0 spiro atoms. The Hall–Kier alpha value is -2.13. The Balaban J connectivity index is 1.69. The van der Waals surface area contributed by atoms with Crippen molar-refractivity contribution in [1.29, 1.82) is 0 Å². The van der Waals surface area contributed by atoms with E-state index in [-0.39, 0.29) is 29.9 Å². The van der Waals surface area contributed by atoms with Crippen LogP contribution >= 0.6 is 11.6 Å². The van der Waals surface area contributed by atoms with Gasteiger partial charge in [-0.2, -0.15) is 0 Å². The number of hydrogen-bond donors (Lipinski definition) is 1. The number of aryl methyl sites for hydroxylation is 1. The number of hydrogen-bond acceptors (Lipinski definition) is 2. The van der Waals surface area contributed by atoms with E-state index in [0.717, 1.165) is 11.1 Å². The molecule has 124 valence electrons. The van der Waals surface area contributed by atoms with Crippen LogP contribution in [-0.4, -0.2) is 18.2 Å². The summed E-state index contributed by atoms with van der Waals surface area (Å²) >= 11 is 5.86. The van der Waals surface area contributed by atoms with E-state index in [1.165, 1.54) is 5.56 Å². The van der Waals surface area contributed by atoms with Gasteiger partial charge in [0, 0.05) is 30.3 Å². The van der Waals surface area contributed by atoms with Crippen molar-refractivity contribution in [2.45, 2.75) is 25.7 Å². The van der Waals surface area contributed by atoms with Crippen molar-refractivity contribution >= 4 is 23.3 Å². The lowest BCUT2D eigenvalue weighted by atomic mass is 9.84. The highest BCUT2D eigenvalue weighted by molar-refractivity contribution is 6.30. The minimum atomic E-state index is -0.285. The molecular formula is C20H20ClNO2. The number of benzene rings is 2. The van der Waals surface area contributed by atoms with Crippen LogP contribution in [0, 0.1) is 12.8 Å². The van der Waals surface area contributed by atoms with Crippen molar-refractivity contribution < 1.29 is 9.59 Å². The van der Waals surface area contributed by atoms with Crippen LogP contribution in [-0.2, 0) is 16.0 Å². The second-order valence-electron chi connectivity index (χ2n) is 6.41. The van der Waals surface area contributed by atoms with Crippen molar-refractivity contribution in [1.82, 2.24) is 5.32 Å². The molecule has 3 rings (SSSR count). The van der Waals surface area contributed by atoms with E-state index < -0.39 is 0 Å². The standard InChI is InChI=1S/C20H20ClNO2/c1-13-2-6-15(7-3-13)19-12-22-20(24)18(19)11-17(23)10-14-4-8-16(21)9-5-14/h2-9,18-19H,10-12H2,1H3,(H,22,24)/t18-,19?/m0/s1. The first kappa shape index (κ1) is 16.7. The fourth-order valence-corrected chi connectivity index (χ4v) is 3.34. The van der Waals surface area contributed by atoms with Crippen LogP contribution in [0.4, 0.5) is 0 Å². The third kappa shape index (κ3) is 3.85. The van der Waals surface area contributed by atoms with Crippen molar-refractivity contribution in [3.05, 3.63) is 70.2 Å². The molecule has 1 aliphatic heterocycles. The Labute approximate surface area is 147 Å². The van der Waals surface area contributed by atoms with Crippen molar-refractivity contribution in [3.63, 3.8) is 0 Å². The largest absolute Gasteiger partial charge is 0.355 e. The Bertz CT molecular complexity index is 737. The molecule has 1 N–H and O–H groups in total. The Kier molecular flexibility index (Phi) is 5.00. The van der Waals surface area contributed by atoms with E-state index in [1.54, 1.807) is 12.1 Å². The minimum absolute atomic E-state index is 0.0231. The van der Waals surface area contributed by atoms with E-state index in [2.05, 4.69) is 17.4 Å². The second kappa shape index (κ2) is 7.18. The van der Waals surface area contributed by atoms with Gasteiger partial charge in [0.1, 0.15) is 5.78 Å². The maximum absolute atomic E-state index is 12.4. The second-order valence-corrected chi connectivity index (χ2v) is 6.85. The summed E-state index contributed by atoms with van der Waals surface area (Å²) in [5.74, 6) is -0.165. The zero-order valence-electron chi connectivity index (χ0n) is 13.6. The molecule has 0 saturated carbocycles. The van der Waals surface area contributed by atoms with Gasteiger partial charge in [-0.05, 0) is 30.2 Å². The number of amides is 1. The summed E-state index contributed by atoms with van der Waals surface area (Å²) in [6.07, 6.45) is 0.606. The molecule has 0 aromatic heterocycles. The summed E-state index contributed by atoms with van der Waals surface area (Å²) in [5, 5.41) is 3.55. The molecule has 1 amide bonds. The summed E-state index contributed by atoms with van der Waals surface area (Å²) in [5.41, 5.74) is 3.23. The van der Waals surface area contributed by atoms with E-state index in [4.69, 9.17) is 11.6 Å². The van der Waals surface area contributed by atoms with Crippen molar-refractivity contribution in [2.75, 3.05) is 6.54 Å². The van der Waals surface area contributed by atoms with Crippen LogP contribution in [0.2, 0.25) is 5.02 Å². The van der Waals surface area contributed by atoms with Crippen molar-refractivity contribution in [2.24, 2.45) is 5.92 Å². The maximum atomic E-state index is 12.4. The van der Waals surface area contributed by atoms with Gasteiger partial charge >= 0.3 is 0 Å². The summed E-state index contributed by atoms with van der Waals surface area (Å²) in [4.78, 5) is 24.6. The van der Waals surface area contributed by atoms with Gasteiger partial charge in [0.15, 0.2) is 0 Å². The smallest absolute Gasteiger partial charge is 0.224 e. The van der Waals surface area contributed by atoms with E-state index in [1.807, 2.05) is 31.2 Å². The number of carbonyl (C=O) groups is 2. The van der Waals surface area contributed by atoms with Gasteiger partial charge in [0.05, 0.1) is 5.92 Å². The lowest BCUT2D eigenvalue weighted by Gasteiger charge is -2.17. The predicted octanol–water partition coefficient (Wildman–Crippen LogP) is 3.68. The van der Waals surface area contributed by atoms with Crippen molar-refractivity contribution in [3.8, 4) is 0 Å². The van der Waals surface area contributed by atoms with E-state index >= 15 is 0 Å². The molecule has 1 saturated heterocycles. The lowest BCUT2D eigenvalue weighted by molar-refractivity contribution is -0.127. The van der Waals surface area contributed by atoms with Gasteiger partial charge < -0.3 is 5.32 Å². The van der Waals surface area contributed by atoms with Gasteiger partial charge in [0.2, 0.25) is 5.91 Å². The lowest BCUT2D eigenvalue weighted by Crippen LogP contribution is -2.23. The number of Topliss-reactive ketones (excluding diaryl/α,β-unsaturated/α-hetero) is 1. The number of carbonyl (C=O) groups excluding carboxylic acids is 2. The molecule has 1 heterocycles. The van der Waals surface area contributed by atoms with Crippen LogP contribution in [0.1, 0.15) is 29.0 Å². The summed E-state index contributed by atoms with van der Waals surface area (Å²) < 4.78 is 0. The third-order valence-corrected chi connectivity index (χ3v) is 4.84. The molecule has 3 nitrogen and oxygen atoms in total. The molecule has 0 radical (unpaired) electrons. The van der Waals surface area contributed by atoms with Crippen LogP contribution in [0.3, 0.4) is 0 Å². The molecule has 1 aliphatic rings. The number of rotatable bonds is 5. The predicted molar refractivity (Wildman–Crippen MR) is 95.2 cm³/mol. The highest BCUT2D eigenvalue weighted by Gasteiger charge is 2.36. The Morgan fingerprint density at radius 3 is 2.46 bits per heavy atom. The van der Waals surface area contributed by atoms with Gasteiger partial charge in [-0.1, -0.05) is 53.6 Å². The molecule has 2 aromatic rings. The zero-order valence-corrected chi connectivity index (χ0v) is 14.3. The molecule has 4 heteroatoms. The third-order valence-electron chi connectivity index (χ3n) is 4.59. The number of ketones is 1. The highest BCUT2D eigenvalue weighted by Crippen LogP contribution is 2.32. The first-order valence-corrected chi connectivity index (χ1v) is 8.51. The Morgan fingerprint density at radius 1 is 1.12 bits per heavy atom. The normalized spacial score (nSPS) is 20.0. The van der Waals surface area contributed by atoms with Crippen LogP contribution in [0.15, 0.2) is 48.5 Å². The van der Waals surface area contributed by atoms with Gasteiger partial charge in [-0.3, -0.25) is 9.59 Å². The molecule has 1 unspecified atom stereocenters. The van der Waals surface area contributed by atoms with E-state index in [9.17, 15) is 9.59 Å². The SMILES string of the molecule is Cc1ccc(C2CNC(=O)[C@H]2CC(=O)Cc2ccc(Cl)cc2)cc1. The molecular weight excluding hydrogens is 322 g/mol. The minimum Gasteiger partial charge on any atom is -0.355 e. The molecule has 0 aliphatic carbocycles. The zero-order chi connectivity index (χ0) is 17.1.